The molecule has 0 fully saturated rings. The van der Waals surface area contributed by atoms with Gasteiger partial charge in [0.25, 0.3) is 21.8 Å². The van der Waals surface area contributed by atoms with Crippen LogP contribution in [0.2, 0.25) is 0 Å². The fraction of sp³-hybridized carbons (Fsp3) is 0.375. The minimum atomic E-state index is -3.86. The largest absolute Gasteiger partial charge is 0.335 e. The third-order valence-electron chi connectivity index (χ3n) is 3.67. The molecule has 7 heteroatoms. The Balaban J connectivity index is 2.46. The van der Waals surface area contributed by atoms with Crippen molar-refractivity contribution in [2.75, 3.05) is 19.6 Å². The molecule has 124 valence electrons. The highest BCUT2D eigenvalue weighted by Crippen LogP contribution is 2.31. The van der Waals surface area contributed by atoms with Gasteiger partial charge >= 0.3 is 0 Å². The molecule has 0 unspecified atom stereocenters. The maximum absolute atomic E-state index is 12.5. The van der Waals surface area contributed by atoms with Crippen molar-refractivity contribution in [3.8, 4) is 0 Å². The van der Waals surface area contributed by atoms with Gasteiger partial charge < -0.3 is 4.90 Å². The number of likely N-dealkylation sites (N-methyl/N-ethyl adjacent to an activating group) is 1. The van der Waals surface area contributed by atoms with Crippen molar-refractivity contribution in [1.29, 1.82) is 0 Å². The Kier molecular flexibility index (Phi) is 4.61. The lowest BCUT2D eigenvalue weighted by Gasteiger charge is -2.21. The van der Waals surface area contributed by atoms with E-state index in [-0.39, 0.29) is 28.5 Å². The van der Waals surface area contributed by atoms with Gasteiger partial charge in [0.2, 0.25) is 0 Å². The summed E-state index contributed by atoms with van der Waals surface area (Å²) in [5, 5.41) is 0. The van der Waals surface area contributed by atoms with Gasteiger partial charge in [-0.15, -0.1) is 0 Å². The Labute approximate surface area is 136 Å². The minimum absolute atomic E-state index is 0.0653. The third-order valence-corrected chi connectivity index (χ3v) is 5.57. The van der Waals surface area contributed by atoms with Gasteiger partial charge in [-0.25, -0.2) is 12.7 Å². The van der Waals surface area contributed by atoms with Crippen LogP contribution < -0.4 is 0 Å². The molecule has 0 N–H and O–H groups in total. The molecule has 0 spiro atoms. The van der Waals surface area contributed by atoms with Crippen molar-refractivity contribution in [3.05, 3.63) is 41.5 Å². The van der Waals surface area contributed by atoms with Crippen molar-refractivity contribution in [2.24, 2.45) is 0 Å². The number of carbonyl (C=O) groups is 2. The predicted molar refractivity (Wildman–Crippen MR) is 86.7 cm³/mol. The van der Waals surface area contributed by atoms with Crippen LogP contribution in [-0.2, 0) is 10.0 Å². The molecule has 0 bridgehead atoms. The number of nitrogens with zero attached hydrogens (tertiary/aromatic N) is 2. The molecule has 0 aromatic heterocycles. The molecule has 1 aromatic carbocycles. The fourth-order valence-electron chi connectivity index (χ4n) is 2.56. The summed E-state index contributed by atoms with van der Waals surface area (Å²) in [7, 11) is -3.86. The maximum atomic E-state index is 12.5. The third kappa shape index (κ3) is 2.88. The van der Waals surface area contributed by atoms with Crippen molar-refractivity contribution in [1.82, 2.24) is 9.21 Å². The SMILES string of the molecule is C=C(C)CN(CC)C(=O)c1ccc2c(c1)S(=O)(=O)N(CC)C2=O. The zero-order valence-corrected chi connectivity index (χ0v) is 14.3. The highest BCUT2D eigenvalue weighted by atomic mass is 32.2. The summed E-state index contributed by atoms with van der Waals surface area (Å²) in [6.07, 6.45) is 0. The molecule has 1 aliphatic heterocycles. The molecule has 1 heterocycles. The van der Waals surface area contributed by atoms with E-state index in [9.17, 15) is 18.0 Å². The van der Waals surface area contributed by atoms with Crippen LogP contribution >= 0.6 is 0 Å². The van der Waals surface area contributed by atoms with Gasteiger partial charge in [-0.3, -0.25) is 9.59 Å². The summed E-state index contributed by atoms with van der Waals surface area (Å²) in [6, 6.07) is 4.20. The number of rotatable bonds is 5. The molecule has 1 aromatic rings. The zero-order valence-electron chi connectivity index (χ0n) is 13.5. The van der Waals surface area contributed by atoms with E-state index < -0.39 is 15.9 Å². The topological polar surface area (TPSA) is 74.8 Å². The van der Waals surface area contributed by atoms with Crippen LogP contribution in [0.5, 0.6) is 0 Å². The van der Waals surface area contributed by atoms with Gasteiger partial charge in [0.15, 0.2) is 0 Å². The van der Waals surface area contributed by atoms with E-state index in [1.807, 2.05) is 13.8 Å². The van der Waals surface area contributed by atoms with Crippen molar-refractivity contribution >= 4 is 21.8 Å². The van der Waals surface area contributed by atoms with Crippen LogP contribution in [-0.4, -0.2) is 49.1 Å². The number of sulfonamides is 1. The van der Waals surface area contributed by atoms with Crippen LogP contribution in [0.25, 0.3) is 0 Å². The second-order valence-corrected chi connectivity index (χ2v) is 7.29. The standard InChI is InChI=1S/C16H20N2O4S/c1-5-17(10-11(3)4)15(19)12-7-8-13-14(9-12)23(21,22)18(6-2)16(13)20/h7-9H,3,5-6,10H2,1-2,4H3. The van der Waals surface area contributed by atoms with Crippen LogP contribution in [0, 0.1) is 0 Å². The van der Waals surface area contributed by atoms with Crippen LogP contribution in [0.1, 0.15) is 41.5 Å². The smallest absolute Gasteiger partial charge is 0.268 e. The van der Waals surface area contributed by atoms with Crippen molar-refractivity contribution < 1.29 is 18.0 Å². The Bertz CT molecular complexity index is 783. The number of fused-ring (bicyclic) bond motifs is 1. The number of hydrogen-bond donors (Lipinski definition) is 0. The van der Waals surface area contributed by atoms with E-state index in [4.69, 9.17) is 0 Å². The van der Waals surface area contributed by atoms with Gasteiger partial charge in [-0.05, 0) is 39.0 Å². The number of hydrogen-bond acceptors (Lipinski definition) is 4. The van der Waals surface area contributed by atoms with Gasteiger partial charge in [0.05, 0.1) is 5.56 Å². The molecule has 0 aliphatic carbocycles. The van der Waals surface area contributed by atoms with Gasteiger partial charge in [0, 0.05) is 25.2 Å². The monoisotopic (exact) mass is 336 g/mol. The average Bonchev–Trinajstić information content (AvgIpc) is 2.70. The van der Waals surface area contributed by atoms with E-state index in [0.29, 0.717) is 13.1 Å². The molecule has 2 rings (SSSR count). The number of benzene rings is 1. The lowest BCUT2D eigenvalue weighted by Crippen LogP contribution is -2.32. The average molecular weight is 336 g/mol. The van der Waals surface area contributed by atoms with Gasteiger partial charge in [0.1, 0.15) is 4.90 Å². The van der Waals surface area contributed by atoms with E-state index in [0.717, 1.165) is 9.88 Å². The lowest BCUT2D eigenvalue weighted by atomic mass is 10.1. The van der Waals surface area contributed by atoms with Crippen molar-refractivity contribution in [2.45, 2.75) is 25.7 Å². The molecule has 0 saturated heterocycles. The lowest BCUT2D eigenvalue weighted by molar-refractivity contribution is 0.0776. The Morgan fingerprint density at radius 3 is 2.48 bits per heavy atom. The van der Waals surface area contributed by atoms with Crippen LogP contribution in [0.3, 0.4) is 0 Å². The molecule has 23 heavy (non-hydrogen) atoms. The first kappa shape index (κ1) is 17.2. The molecular formula is C16H20N2O4S. The molecule has 1 aliphatic rings. The fourth-order valence-corrected chi connectivity index (χ4v) is 4.16. The van der Waals surface area contributed by atoms with E-state index in [1.54, 1.807) is 11.8 Å². The van der Waals surface area contributed by atoms with E-state index in [1.165, 1.54) is 18.2 Å². The van der Waals surface area contributed by atoms with Gasteiger partial charge in [-0.1, -0.05) is 12.2 Å². The Morgan fingerprint density at radius 1 is 1.30 bits per heavy atom. The summed E-state index contributed by atoms with van der Waals surface area (Å²) in [6.45, 7) is 10.00. The normalized spacial score (nSPS) is 15.4. The molecule has 2 amide bonds. The Morgan fingerprint density at radius 2 is 1.96 bits per heavy atom. The zero-order chi connectivity index (χ0) is 17.4. The minimum Gasteiger partial charge on any atom is -0.335 e. The quantitative estimate of drug-likeness (QED) is 0.770. The number of amides is 2. The van der Waals surface area contributed by atoms with Crippen LogP contribution in [0.15, 0.2) is 35.2 Å². The summed E-state index contributed by atoms with van der Waals surface area (Å²) in [4.78, 5) is 26.1. The van der Waals surface area contributed by atoms with Gasteiger partial charge in [-0.2, -0.15) is 0 Å². The first-order valence-electron chi connectivity index (χ1n) is 7.38. The summed E-state index contributed by atoms with van der Waals surface area (Å²) >= 11 is 0. The van der Waals surface area contributed by atoms with E-state index in [2.05, 4.69) is 6.58 Å². The summed E-state index contributed by atoms with van der Waals surface area (Å²) < 4.78 is 25.6. The molecule has 6 nitrogen and oxygen atoms in total. The second-order valence-electron chi connectivity index (χ2n) is 5.46. The van der Waals surface area contributed by atoms with Crippen LogP contribution in [0.4, 0.5) is 0 Å². The second kappa shape index (κ2) is 6.16. The highest BCUT2D eigenvalue weighted by molar-refractivity contribution is 7.90. The maximum Gasteiger partial charge on any atom is 0.268 e. The predicted octanol–water partition coefficient (Wildman–Crippen LogP) is 1.89. The molecule has 0 radical (unpaired) electrons. The van der Waals surface area contributed by atoms with E-state index >= 15 is 0 Å². The highest BCUT2D eigenvalue weighted by Gasteiger charge is 2.40. The summed E-state index contributed by atoms with van der Waals surface area (Å²) in [5.74, 6) is -0.827. The molecule has 0 saturated carbocycles. The molecule has 0 atom stereocenters. The summed E-state index contributed by atoms with van der Waals surface area (Å²) in [5.41, 5.74) is 1.20. The first-order valence-corrected chi connectivity index (χ1v) is 8.82. The molecular weight excluding hydrogens is 316 g/mol. The number of carbonyl (C=O) groups excluding carboxylic acids is 2. The first-order chi connectivity index (χ1) is 10.7. The Hall–Kier alpha value is -2.15. The van der Waals surface area contributed by atoms with Crippen molar-refractivity contribution in [3.63, 3.8) is 0 Å².